The highest BCUT2D eigenvalue weighted by atomic mass is 32.2. The number of nitrogens with zero attached hydrogens (tertiary/aromatic N) is 1. The fourth-order valence-corrected chi connectivity index (χ4v) is 1.60. The first kappa shape index (κ1) is 13.2. The van der Waals surface area contributed by atoms with Crippen molar-refractivity contribution in [2.45, 2.75) is 6.92 Å². The van der Waals surface area contributed by atoms with Crippen LogP contribution in [0.4, 0.5) is 5.69 Å². The van der Waals surface area contributed by atoms with Crippen LogP contribution in [0.3, 0.4) is 0 Å². The number of phenols is 1. The van der Waals surface area contributed by atoms with E-state index >= 15 is 0 Å². The maximum absolute atomic E-state index is 10.7. The van der Waals surface area contributed by atoms with Crippen molar-refractivity contribution in [2.75, 3.05) is 5.75 Å². The van der Waals surface area contributed by atoms with Crippen molar-refractivity contribution in [1.29, 1.82) is 0 Å². The van der Waals surface area contributed by atoms with E-state index in [1.165, 1.54) is 19.1 Å². The van der Waals surface area contributed by atoms with Gasteiger partial charge in [-0.25, -0.2) is 0 Å². The Morgan fingerprint density at radius 1 is 1.59 bits per heavy atom. The first-order valence-electron chi connectivity index (χ1n) is 4.78. The fraction of sp³-hybridized carbons (Fsp3) is 0.182. The number of carbonyl (C=O) groups is 1. The lowest BCUT2D eigenvalue weighted by Crippen LogP contribution is -1.91. The Kier molecular flexibility index (Phi) is 4.71. The van der Waals surface area contributed by atoms with Crippen LogP contribution in [0, 0.1) is 10.1 Å². The van der Waals surface area contributed by atoms with E-state index in [-0.39, 0.29) is 16.6 Å². The van der Waals surface area contributed by atoms with E-state index in [1.807, 2.05) is 0 Å². The van der Waals surface area contributed by atoms with Crippen LogP contribution < -0.4 is 0 Å². The molecule has 0 bridgehead atoms. The molecule has 1 aromatic rings. The number of nitro groups is 1. The number of rotatable bonds is 4. The summed E-state index contributed by atoms with van der Waals surface area (Å²) < 4.78 is 0. The van der Waals surface area contributed by atoms with Crippen LogP contribution in [-0.4, -0.2) is 20.9 Å². The molecule has 0 unspecified atom stereocenters. The Hall–Kier alpha value is -1.82. The summed E-state index contributed by atoms with van der Waals surface area (Å²) in [5.41, 5.74) is 0.242. The van der Waals surface area contributed by atoms with Gasteiger partial charge in [0.1, 0.15) is 5.75 Å². The first-order valence-corrected chi connectivity index (χ1v) is 5.76. The number of hydrogen-bond donors (Lipinski definition) is 1. The summed E-state index contributed by atoms with van der Waals surface area (Å²) in [5.74, 6) is 0.319. The van der Waals surface area contributed by atoms with Gasteiger partial charge in [0.15, 0.2) is 5.12 Å². The molecule has 0 spiro atoms. The lowest BCUT2D eigenvalue weighted by atomic mass is 10.1. The molecular weight excluding hydrogens is 242 g/mol. The van der Waals surface area contributed by atoms with Gasteiger partial charge >= 0.3 is 0 Å². The molecule has 1 rings (SSSR count). The summed E-state index contributed by atoms with van der Waals surface area (Å²) in [6, 6.07) is 3.94. The molecule has 17 heavy (non-hydrogen) atoms. The zero-order chi connectivity index (χ0) is 12.8. The summed E-state index contributed by atoms with van der Waals surface area (Å²) in [5, 5.41) is 19.9. The number of aromatic hydroxyl groups is 1. The maximum Gasteiger partial charge on any atom is 0.280 e. The van der Waals surface area contributed by atoms with Crippen LogP contribution in [0.25, 0.3) is 6.08 Å². The van der Waals surface area contributed by atoms with Crippen molar-refractivity contribution in [3.63, 3.8) is 0 Å². The molecule has 0 heterocycles. The van der Waals surface area contributed by atoms with Gasteiger partial charge in [-0.2, -0.15) is 0 Å². The van der Waals surface area contributed by atoms with Gasteiger partial charge < -0.3 is 5.11 Å². The number of nitro benzene ring substituents is 1. The summed E-state index contributed by atoms with van der Waals surface area (Å²) in [6.07, 6.45) is 3.24. The molecule has 1 N–H and O–H groups in total. The van der Waals surface area contributed by atoms with Gasteiger partial charge in [0.2, 0.25) is 0 Å². The topological polar surface area (TPSA) is 80.4 Å². The molecule has 0 fully saturated rings. The predicted octanol–water partition coefficient (Wildman–Crippen LogP) is 2.59. The molecule has 0 aliphatic heterocycles. The minimum absolute atomic E-state index is 0.00476. The molecule has 0 saturated carbocycles. The Bertz CT molecular complexity index is 471. The van der Waals surface area contributed by atoms with Crippen molar-refractivity contribution in [3.05, 3.63) is 40.0 Å². The van der Waals surface area contributed by atoms with Crippen LogP contribution in [0.5, 0.6) is 5.75 Å². The Balaban J connectivity index is 2.83. The monoisotopic (exact) mass is 253 g/mol. The summed E-state index contributed by atoms with van der Waals surface area (Å²) in [4.78, 5) is 20.8. The van der Waals surface area contributed by atoms with Crippen molar-refractivity contribution < 1.29 is 14.8 Å². The number of hydrogen-bond acceptors (Lipinski definition) is 5. The van der Waals surface area contributed by atoms with Gasteiger partial charge in [-0.05, 0) is 12.1 Å². The normalized spacial score (nSPS) is 10.6. The predicted molar refractivity (Wildman–Crippen MR) is 66.9 cm³/mol. The molecule has 0 amide bonds. The summed E-state index contributed by atoms with van der Waals surface area (Å²) in [6.45, 7) is 1.46. The van der Waals surface area contributed by atoms with Gasteiger partial charge in [-0.1, -0.05) is 23.9 Å². The third-order valence-corrected chi connectivity index (χ3v) is 2.66. The molecule has 0 aliphatic rings. The van der Waals surface area contributed by atoms with Crippen LogP contribution in [0.2, 0.25) is 0 Å². The van der Waals surface area contributed by atoms with Gasteiger partial charge in [-0.15, -0.1) is 0 Å². The summed E-state index contributed by atoms with van der Waals surface area (Å²) in [7, 11) is 0. The van der Waals surface area contributed by atoms with Gasteiger partial charge in [0.25, 0.3) is 5.69 Å². The quantitative estimate of drug-likeness (QED) is 0.659. The number of carbonyl (C=O) groups excluding carboxylic acids is 1. The zero-order valence-electron chi connectivity index (χ0n) is 9.12. The highest BCUT2D eigenvalue weighted by molar-refractivity contribution is 8.13. The highest BCUT2D eigenvalue weighted by Crippen LogP contribution is 2.24. The molecule has 0 aromatic heterocycles. The Labute approximate surface area is 102 Å². The van der Waals surface area contributed by atoms with Crippen molar-refractivity contribution in [3.8, 4) is 5.75 Å². The maximum atomic E-state index is 10.7. The van der Waals surface area contributed by atoms with E-state index in [1.54, 1.807) is 12.2 Å². The lowest BCUT2D eigenvalue weighted by Gasteiger charge is -1.98. The molecule has 0 aliphatic carbocycles. The number of phenolic OH excluding ortho intramolecular Hbond substituents is 1. The minimum atomic E-state index is -0.558. The van der Waals surface area contributed by atoms with Crippen LogP contribution in [-0.2, 0) is 4.79 Å². The van der Waals surface area contributed by atoms with Gasteiger partial charge in [-0.3, -0.25) is 14.9 Å². The molecular formula is C11H11NO4S. The van der Waals surface area contributed by atoms with Gasteiger partial charge in [0, 0.05) is 12.7 Å². The molecule has 6 heteroatoms. The second kappa shape index (κ2) is 6.05. The molecule has 5 nitrogen and oxygen atoms in total. The third kappa shape index (κ3) is 4.28. The Morgan fingerprint density at radius 3 is 2.88 bits per heavy atom. The average Bonchev–Trinajstić information content (AvgIpc) is 2.25. The van der Waals surface area contributed by atoms with Crippen LogP contribution >= 0.6 is 11.8 Å². The molecule has 0 saturated heterocycles. The van der Waals surface area contributed by atoms with Crippen LogP contribution in [0.1, 0.15) is 12.5 Å². The smallest absolute Gasteiger partial charge is 0.280 e. The molecule has 0 radical (unpaired) electrons. The number of thioether (sulfide) groups is 1. The average molecular weight is 253 g/mol. The first-order chi connectivity index (χ1) is 8.00. The van der Waals surface area contributed by atoms with E-state index in [4.69, 9.17) is 5.11 Å². The third-order valence-electron chi connectivity index (χ3n) is 1.89. The summed E-state index contributed by atoms with van der Waals surface area (Å²) >= 11 is 1.12. The standard InChI is InChI=1S/C11H11NO4S/c1-8(13)17-6-2-3-9-4-5-10(14)7-11(9)12(15)16/h2-5,7,14H,6H2,1H3. The highest BCUT2D eigenvalue weighted by Gasteiger charge is 2.11. The molecule has 90 valence electrons. The van der Waals surface area contributed by atoms with Gasteiger partial charge in [0.05, 0.1) is 16.6 Å². The second-order valence-corrected chi connectivity index (χ2v) is 4.40. The van der Waals surface area contributed by atoms with E-state index in [2.05, 4.69) is 0 Å². The van der Waals surface area contributed by atoms with E-state index < -0.39 is 4.92 Å². The van der Waals surface area contributed by atoms with E-state index in [0.29, 0.717) is 11.3 Å². The lowest BCUT2D eigenvalue weighted by molar-refractivity contribution is -0.385. The largest absolute Gasteiger partial charge is 0.508 e. The second-order valence-electron chi connectivity index (χ2n) is 3.21. The van der Waals surface area contributed by atoms with Crippen LogP contribution in [0.15, 0.2) is 24.3 Å². The SMILES string of the molecule is CC(=O)SCC=Cc1ccc(O)cc1[N+](=O)[O-]. The van der Waals surface area contributed by atoms with E-state index in [0.717, 1.165) is 17.8 Å². The molecule has 0 atom stereocenters. The zero-order valence-corrected chi connectivity index (χ0v) is 9.94. The van der Waals surface area contributed by atoms with E-state index in [9.17, 15) is 14.9 Å². The Morgan fingerprint density at radius 2 is 2.29 bits per heavy atom. The minimum Gasteiger partial charge on any atom is -0.508 e. The van der Waals surface area contributed by atoms with Crippen molar-refractivity contribution >= 4 is 28.6 Å². The fourth-order valence-electron chi connectivity index (χ4n) is 1.17. The number of benzene rings is 1. The van der Waals surface area contributed by atoms with Crippen molar-refractivity contribution in [2.24, 2.45) is 0 Å². The van der Waals surface area contributed by atoms with Crippen molar-refractivity contribution in [1.82, 2.24) is 0 Å². The molecule has 1 aromatic carbocycles.